The van der Waals surface area contributed by atoms with E-state index in [1.54, 1.807) is 29.2 Å². The van der Waals surface area contributed by atoms with E-state index in [-0.39, 0.29) is 19.1 Å². The van der Waals surface area contributed by atoms with Crippen molar-refractivity contribution >= 4 is 23.5 Å². The summed E-state index contributed by atoms with van der Waals surface area (Å²) in [6, 6.07) is 6.18. The van der Waals surface area contributed by atoms with E-state index in [4.69, 9.17) is 16.3 Å². The molecule has 1 aliphatic rings. The quantitative estimate of drug-likeness (QED) is 0.906. The van der Waals surface area contributed by atoms with Gasteiger partial charge in [-0.3, -0.25) is 9.59 Å². The Bertz CT molecular complexity index is 517. The number of amides is 1. The van der Waals surface area contributed by atoms with Crippen LogP contribution in [0.15, 0.2) is 24.3 Å². The molecule has 1 saturated heterocycles. The number of halogens is 1. The van der Waals surface area contributed by atoms with Crippen molar-refractivity contribution in [1.29, 1.82) is 0 Å². The van der Waals surface area contributed by atoms with Crippen molar-refractivity contribution in [3.8, 4) is 0 Å². The maximum atomic E-state index is 12.6. The van der Waals surface area contributed by atoms with Gasteiger partial charge in [-0.05, 0) is 30.7 Å². The number of carboxylic acids is 1. The Morgan fingerprint density at radius 2 is 2.00 bits per heavy atom. The molecular weight excluding hydrogens is 294 g/mol. The first-order chi connectivity index (χ1) is 10.0. The molecule has 6 heteroatoms. The second-order valence-electron chi connectivity index (χ2n) is 5.05. The van der Waals surface area contributed by atoms with Crippen LogP contribution in [0, 0.1) is 5.92 Å². The molecule has 1 aliphatic heterocycles. The highest BCUT2D eigenvalue weighted by atomic mass is 35.5. The normalized spacial score (nSPS) is 21.2. The molecule has 1 aromatic carbocycles. The van der Waals surface area contributed by atoms with E-state index in [1.165, 1.54) is 0 Å². The van der Waals surface area contributed by atoms with Gasteiger partial charge < -0.3 is 14.7 Å². The Labute approximate surface area is 128 Å². The minimum Gasteiger partial charge on any atom is -0.481 e. The summed E-state index contributed by atoms with van der Waals surface area (Å²) in [6.45, 7) is 2.86. The second-order valence-corrected chi connectivity index (χ2v) is 5.49. The first-order valence-electron chi connectivity index (χ1n) is 6.91. The summed E-state index contributed by atoms with van der Waals surface area (Å²) >= 11 is 5.83. The van der Waals surface area contributed by atoms with Crippen LogP contribution in [0.1, 0.15) is 23.7 Å². The van der Waals surface area contributed by atoms with Crippen molar-refractivity contribution in [1.82, 2.24) is 4.90 Å². The van der Waals surface area contributed by atoms with Gasteiger partial charge in [-0.2, -0.15) is 0 Å². The third kappa shape index (κ3) is 3.54. The van der Waals surface area contributed by atoms with E-state index < -0.39 is 17.9 Å². The van der Waals surface area contributed by atoms with Gasteiger partial charge in [0.1, 0.15) is 5.92 Å². The van der Waals surface area contributed by atoms with Crippen LogP contribution in [0.4, 0.5) is 0 Å². The minimum atomic E-state index is -0.928. The zero-order valence-corrected chi connectivity index (χ0v) is 12.5. The fraction of sp³-hybridized carbons (Fsp3) is 0.467. The Balaban J connectivity index is 2.23. The molecule has 0 spiro atoms. The summed E-state index contributed by atoms with van der Waals surface area (Å²) in [4.78, 5) is 25.5. The summed E-state index contributed by atoms with van der Waals surface area (Å²) in [5, 5.41) is 9.81. The third-order valence-electron chi connectivity index (χ3n) is 3.58. The molecule has 1 aromatic rings. The van der Waals surface area contributed by atoms with Crippen LogP contribution in [0.5, 0.6) is 0 Å². The first-order valence-corrected chi connectivity index (χ1v) is 7.29. The number of nitrogens with zero attached hydrogens (tertiary/aromatic N) is 1. The number of rotatable bonds is 5. The molecular formula is C15H18ClNO4. The van der Waals surface area contributed by atoms with Gasteiger partial charge in [-0.25, -0.2) is 0 Å². The Morgan fingerprint density at radius 3 is 2.57 bits per heavy atom. The highest BCUT2D eigenvalue weighted by Gasteiger charge is 2.39. The van der Waals surface area contributed by atoms with Gasteiger partial charge in [0.2, 0.25) is 0 Å². The van der Waals surface area contributed by atoms with Gasteiger partial charge in [0.05, 0.1) is 19.3 Å². The fourth-order valence-corrected chi connectivity index (χ4v) is 2.63. The molecule has 1 amide bonds. The van der Waals surface area contributed by atoms with Crippen LogP contribution in [-0.2, 0) is 9.53 Å². The molecule has 2 atom stereocenters. The Hall–Kier alpha value is -1.59. The van der Waals surface area contributed by atoms with Crippen molar-refractivity contribution in [2.24, 2.45) is 5.92 Å². The highest BCUT2D eigenvalue weighted by molar-refractivity contribution is 6.30. The Morgan fingerprint density at radius 1 is 1.33 bits per heavy atom. The van der Waals surface area contributed by atoms with Crippen LogP contribution in [0.25, 0.3) is 0 Å². The molecule has 2 rings (SSSR count). The number of carbonyl (C=O) groups is 2. The van der Waals surface area contributed by atoms with Crippen molar-refractivity contribution in [3.05, 3.63) is 34.9 Å². The van der Waals surface area contributed by atoms with Crippen molar-refractivity contribution in [2.45, 2.75) is 19.4 Å². The summed E-state index contributed by atoms with van der Waals surface area (Å²) in [5.41, 5.74) is 0.504. The highest BCUT2D eigenvalue weighted by Crippen LogP contribution is 2.23. The average Bonchev–Trinajstić information content (AvgIpc) is 2.94. The van der Waals surface area contributed by atoms with Crippen LogP contribution < -0.4 is 0 Å². The van der Waals surface area contributed by atoms with E-state index in [1.807, 2.05) is 6.92 Å². The second kappa shape index (κ2) is 6.91. The molecule has 0 aliphatic carbocycles. The molecule has 2 unspecified atom stereocenters. The lowest BCUT2D eigenvalue weighted by Gasteiger charge is -2.30. The van der Waals surface area contributed by atoms with Crippen LogP contribution in [0.3, 0.4) is 0 Å². The molecule has 114 valence electrons. The molecule has 21 heavy (non-hydrogen) atoms. The third-order valence-corrected chi connectivity index (χ3v) is 3.84. The van der Waals surface area contributed by atoms with E-state index in [0.29, 0.717) is 17.1 Å². The van der Waals surface area contributed by atoms with Crippen molar-refractivity contribution in [2.75, 3.05) is 19.8 Å². The number of carboxylic acid groups (broad SMARTS) is 1. The topological polar surface area (TPSA) is 66.8 Å². The number of benzene rings is 1. The standard InChI is InChI=1S/C15H18ClNO4/c1-2-7-17(13-9-21-8-12(13)15(19)20)14(18)10-3-5-11(16)6-4-10/h3-6,12-13H,2,7-9H2,1H3,(H,19,20). The van der Waals surface area contributed by atoms with Crippen LogP contribution >= 0.6 is 11.6 Å². The van der Waals surface area contributed by atoms with Gasteiger partial charge in [-0.1, -0.05) is 18.5 Å². The molecule has 1 fully saturated rings. The fourth-order valence-electron chi connectivity index (χ4n) is 2.50. The van der Waals surface area contributed by atoms with Crippen LogP contribution in [-0.4, -0.2) is 47.7 Å². The molecule has 0 bridgehead atoms. The smallest absolute Gasteiger partial charge is 0.311 e. The van der Waals surface area contributed by atoms with Crippen LogP contribution in [0.2, 0.25) is 5.02 Å². The molecule has 0 radical (unpaired) electrons. The Kier molecular flexibility index (Phi) is 5.20. The van der Waals surface area contributed by atoms with Gasteiger partial charge in [0.25, 0.3) is 5.91 Å². The predicted octanol–water partition coefficient (Wildman–Crippen LogP) is 2.29. The SMILES string of the molecule is CCCN(C(=O)c1ccc(Cl)cc1)C1COCC1C(=O)O. The number of aliphatic carboxylic acids is 1. The minimum absolute atomic E-state index is 0.147. The molecule has 0 saturated carbocycles. The van der Waals surface area contributed by atoms with Crippen molar-refractivity contribution in [3.63, 3.8) is 0 Å². The van der Waals surface area contributed by atoms with E-state index >= 15 is 0 Å². The predicted molar refractivity (Wildman–Crippen MR) is 78.5 cm³/mol. The van der Waals surface area contributed by atoms with E-state index in [9.17, 15) is 14.7 Å². The monoisotopic (exact) mass is 311 g/mol. The summed E-state index contributed by atoms with van der Waals surface area (Å²) in [6.07, 6.45) is 0.752. The number of hydrogen-bond donors (Lipinski definition) is 1. The summed E-state index contributed by atoms with van der Waals surface area (Å²) < 4.78 is 5.27. The lowest BCUT2D eigenvalue weighted by atomic mass is 10.0. The zero-order chi connectivity index (χ0) is 15.4. The summed E-state index contributed by atoms with van der Waals surface area (Å²) in [5.74, 6) is -1.79. The maximum absolute atomic E-state index is 12.6. The van der Waals surface area contributed by atoms with Gasteiger partial charge in [0, 0.05) is 17.1 Å². The number of carbonyl (C=O) groups excluding carboxylic acids is 1. The lowest BCUT2D eigenvalue weighted by molar-refractivity contribution is -0.142. The van der Waals surface area contributed by atoms with Gasteiger partial charge in [0.15, 0.2) is 0 Å². The van der Waals surface area contributed by atoms with Gasteiger partial charge in [-0.15, -0.1) is 0 Å². The first kappa shape index (κ1) is 15.8. The molecule has 5 nitrogen and oxygen atoms in total. The van der Waals surface area contributed by atoms with Crippen molar-refractivity contribution < 1.29 is 19.4 Å². The maximum Gasteiger partial charge on any atom is 0.311 e. The van der Waals surface area contributed by atoms with Gasteiger partial charge >= 0.3 is 5.97 Å². The largest absolute Gasteiger partial charge is 0.481 e. The average molecular weight is 312 g/mol. The summed E-state index contributed by atoms with van der Waals surface area (Å²) in [7, 11) is 0. The molecule has 0 aromatic heterocycles. The number of ether oxygens (including phenoxy) is 1. The van der Waals surface area contributed by atoms with E-state index in [2.05, 4.69) is 0 Å². The molecule has 1 heterocycles. The van der Waals surface area contributed by atoms with E-state index in [0.717, 1.165) is 6.42 Å². The number of hydrogen-bond acceptors (Lipinski definition) is 3. The zero-order valence-electron chi connectivity index (χ0n) is 11.8. The lowest BCUT2D eigenvalue weighted by Crippen LogP contribution is -2.47. The molecule has 1 N–H and O–H groups in total.